The van der Waals surface area contributed by atoms with Gasteiger partial charge >= 0.3 is 0 Å². The average Bonchev–Trinajstić information content (AvgIpc) is 3.27. The zero-order chi connectivity index (χ0) is 45.4. The molecule has 12 unspecified atom stereocenters. The molecule has 2 heterocycles. The molecule has 12 atom stereocenters. The molecule has 2 rings (SSSR count). The van der Waals surface area contributed by atoms with Crippen LogP contribution in [0.4, 0.5) is 0 Å². The molecule has 62 heavy (non-hydrogen) atoms. The number of hydrogen-bond acceptors (Lipinski definition) is 13. The third-order valence-corrected chi connectivity index (χ3v) is 11.8. The van der Waals surface area contributed by atoms with Gasteiger partial charge in [-0.1, -0.05) is 153 Å². The molecule has 0 bridgehead atoms. The van der Waals surface area contributed by atoms with Gasteiger partial charge in [-0.15, -0.1) is 0 Å². The first-order valence-electron chi connectivity index (χ1n) is 24.2. The van der Waals surface area contributed by atoms with Crippen molar-refractivity contribution >= 4 is 5.91 Å². The second-order valence-corrected chi connectivity index (χ2v) is 17.2. The van der Waals surface area contributed by atoms with Gasteiger partial charge in [0, 0.05) is 6.42 Å². The van der Waals surface area contributed by atoms with Gasteiger partial charge in [0.2, 0.25) is 5.91 Å². The molecule has 2 aliphatic heterocycles. The monoisotopic (exact) mass is 886 g/mol. The number of carbonyl (C=O) groups is 1. The first-order valence-corrected chi connectivity index (χ1v) is 24.2. The minimum Gasteiger partial charge on any atom is -0.394 e. The van der Waals surface area contributed by atoms with Crippen molar-refractivity contribution in [1.29, 1.82) is 0 Å². The number of aliphatic hydroxyl groups is 8. The number of rotatable bonds is 36. The van der Waals surface area contributed by atoms with Crippen molar-refractivity contribution in [1.82, 2.24) is 5.32 Å². The van der Waals surface area contributed by atoms with E-state index in [1.807, 2.05) is 6.92 Å². The maximum Gasteiger partial charge on any atom is 0.220 e. The molecule has 2 fully saturated rings. The Balaban J connectivity index is 1.62. The highest BCUT2D eigenvalue weighted by molar-refractivity contribution is 5.76. The molecule has 362 valence electrons. The van der Waals surface area contributed by atoms with Crippen LogP contribution in [-0.2, 0) is 23.7 Å². The highest BCUT2D eigenvalue weighted by Crippen LogP contribution is 2.30. The van der Waals surface area contributed by atoms with Crippen LogP contribution in [0.1, 0.15) is 168 Å². The lowest BCUT2D eigenvalue weighted by atomic mass is 9.97. The van der Waals surface area contributed by atoms with E-state index in [9.17, 15) is 45.6 Å². The summed E-state index contributed by atoms with van der Waals surface area (Å²) in [5.41, 5.74) is 0. The molecule has 0 radical (unpaired) electrons. The number of amides is 1. The van der Waals surface area contributed by atoms with Crippen LogP contribution >= 0.6 is 0 Å². The highest BCUT2D eigenvalue weighted by Gasteiger charge is 2.51. The SMILES string of the molecule is CCC/C=C/C(O)C(COC1OC(CO)C(OC2OC(CO)C(O)C(O)C2O)C(O)C1O)NC(=O)CCCCCCCCCCCCCCC/C=C\C/C=C\CCCCCCC. The fourth-order valence-electron chi connectivity index (χ4n) is 7.80. The fraction of sp³-hybridized carbons (Fsp3) is 0.854. The largest absolute Gasteiger partial charge is 0.394 e. The standard InChI is InChI=1S/C48H87NO13/c1-3-5-7-8-9-10-11-12-13-14-15-16-17-18-19-20-21-22-23-24-25-26-27-28-30-32-40(53)49-36(37(52)31-29-6-4-2)35-59-47-45(58)43(56)46(39(34-51)61-47)62-48-44(57)42(55)41(54)38(33-50)60-48/h11-12,14-15,29,31,36-39,41-48,50-52,54-58H,3-10,13,16-28,30,32-35H2,1-2H3,(H,49,53)/b12-11-,15-14-,31-29+. The van der Waals surface area contributed by atoms with Crippen molar-refractivity contribution in [3.05, 3.63) is 36.5 Å². The lowest BCUT2D eigenvalue weighted by Crippen LogP contribution is -2.65. The topological polar surface area (TPSA) is 228 Å². The lowest BCUT2D eigenvalue weighted by Gasteiger charge is -2.46. The van der Waals surface area contributed by atoms with Crippen molar-refractivity contribution < 1.29 is 64.6 Å². The summed E-state index contributed by atoms with van der Waals surface area (Å²) in [6.45, 7) is 2.53. The van der Waals surface area contributed by atoms with E-state index >= 15 is 0 Å². The van der Waals surface area contributed by atoms with Crippen molar-refractivity contribution in [2.75, 3.05) is 19.8 Å². The van der Waals surface area contributed by atoms with E-state index in [0.717, 1.165) is 38.5 Å². The van der Waals surface area contributed by atoms with E-state index in [4.69, 9.17) is 18.9 Å². The molecule has 0 aromatic heterocycles. The minimum atomic E-state index is -1.78. The van der Waals surface area contributed by atoms with Gasteiger partial charge < -0.3 is 65.1 Å². The summed E-state index contributed by atoms with van der Waals surface area (Å²) in [4.78, 5) is 13.0. The van der Waals surface area contributed by atoms with Crippen LogP contribution < -0.4 is 5.32 Å². The van der Waals surface area contributed by atoms with Gasteiger partial charge in [-0.05, 0) is 44.9 Å². The zero-order valence-corrected chi connectivity index (χ0v) is 38.1. The molecule has 1 amide bonds. The predicted molar refractivity (Wildman–Crippen MR) is 240 cm³/mol. The molecule has 0 saturated carbocycles. The van der Waals surface area contributed by atoms with Crippen LogP contribution in [0.2, 0.25) is 0 Å². The number of carbonyl (C=O) groups excluding carboxylic acids is 1. The van der Waals surface area contributed by atoms with Crippen molar-refractivity contribution in [3.8, 4) is 0 Å². The normalized spacial score (nSPS) is 28.0. The van der Waals surface area contributed by atoms with Gasteiger partial charge in [0.25, 0.3) is 0 Å². The molecule has 14 heteroatoms. The van der Waals surface area contributed by atoms with E-state index in [1.54, 1.807) is 12.2 Å². The lowest BCUT2D eigenvalue weighted by molar-refractivity contribution is -0.359. The maximum atomic E-state index is 13.0. The zero-order valence-electron chi connectivity index (χ0n) is 38.1. The third-order valence-electron chi connectivity index (χ3n) is 11.8. The Bertz CT molecular complexity index is 1190. The average molecular weight is 886 g/mol. The quantitative estimate of drug-likeness (QED) is 0.0279. The third kappa shape index (κ3) is 22.9. The molecule has 2 aliphatic rings. The highest BCUT2D eigenvalue weighted by atomic mass is 16.7. The molecular weight excluding hydrogens is 799 g/mol. The number of unbranched alkanes of at least 4 members (excludes halogenated alkanes) is 19. The van der Waals surface area contributed by atoms with E-state index in [-0.39, 0.29) is 18.9 Å². The number of nitrogens with one attached hydrogen (secondary N) is 1. The Kier molecular flexibility index (Phi) is 32.2. The fourth-order valence-corrected chi connectivity index (χ4v) is 7.80. The second-order valence-electron chi connectivity index (χ2n) is 17.2. The Hall–Kier alpha value is -1.79. The van der Waals surface area contributed by atoms with E-state index in [0.29, 0.717) is 6.42 Å². The van der Waals surface area contributed by atoms with Crippen molar-refractivity contribution in [2.24, 2.45) is 0 Å². The van der Waals surface area contributed by atoms with Crippen LogP contribution in [0, 0.1) is 0 Å². The van der Waals surface area contributed by atoms with E-state index in [2.05, 4.69) is 36.5 Å². The number of hydrogen-bond donors (Lipinski definition) is 9. The summed E-state index contributed by atoms with van der Waals surface area (Å²) in [5, 5.41) is 85.8. The van der Waals surface area contributed by atoms with Gasteiger partial charge in [-0.3, -0.25) is 4.79 Å². The first-order chi connectivity index (χ1) is 30.1. The smallest absolute Gasteiger partial charge is 0.220 e. The number of ether oxygens (including phenoxy) is 4. The Morgan fingerprint density at radius 1 is 0.581 bits per heavy atom. The second kappa shape index (κ2) is 35.5. The summed E-state index contributed by atoms with van der Waals surface area (Å²) in [6.07, 6.45) is 23.1. The molecule has 9 N–H and O–H groups in total. The van der Waals surface area contributed by atoms with Crippen LogP contribution in [0.15, 0.2) is 36.5 Å². The molecule has 0 aromatic rings. The van der Waals surface area contributed by atoms with E-state index in [1.165, 1.54) is 103 Å². The maximum absolute atomic E-state index is 13.0. The predicted octanol–water partition coefficient (Wildman–Crippen LogP) is 5.54. The molecule has 14 nitrogen and oxygen atoms in total. The number of aliphatic hydroxyl groups excluding tert-OH is 8. The summed E-state index contributed by atoms with van der Waals surface area (Å²) < 4.78 is 22.4. The van der Waals surface area contributed by atoms with E-state index < -0.39 is 86.8 Å². The Labute approximate surface area is 372 Å². The van der Waals surface area contributed by atoms with Crippen molar-refractivity contribution in [3.63, 3.8) is 0 Å². The van der Waals surface area contributed by atoms with Gasteiger partial charge in [-0.25, -0.2) is 0 Å². The van der Waals surface area contributed by atoms with Crippen LogP contribution in [0.3, 0.4) is 0 Å². The molecule has 0 spiro atoms. The van der Waals surface area contributed by atoms with Crippen LogP contribution in [-0.4, -0.2) is 140 Å². The van der Waals surface area contributed by atoms with Gasteiger partial charge in [-0.2, -0.15) is 0 Å². The summed E-state index contributed by atoms with van der Waals surface area (Å²) in [6, 6.07) is -0.909. The molecule has 0 aliphatic carbocycles. The minimum absolute atomic E-state index is 0.254. The molecule has 2 saturated heterocycles. The molecule has 0 aromatic carbocycles. The van der Waals surface area contributed by atoms with Gasteiger partial charge in [0.05, 0.1) is 32.0 Å². The Morgan fingerprint density at radius 3 is 1.65 bits per heavy atom. The van der Waals surface area contributed by atoms with Gasteiger partial charge in [0.1, 0.15) is 48.8 Å². The Morgan fingerprint density at radius 2 is 1.10 bits per heavy atom. The summed E-state index contributed by atoms with van der Waals surface area (Å²) in [7, 11) is 0. The van der Waals surface area contributed by atoms with Crippen LogP contribution in [0.5, 0.6) is 0 Å². The summed E-state index contributed by atoms with van der Waals surface area (Å²) >= 11 is 0. The first kappa shape index (κ1) is 56.3. The van der Waals surface area contributed by atoms with Gasteiger partial charge in [0.15, 0.2) is 12.6 Å². The van der Waals surface area contributed by atoms with Crippen molar-refractivity contribution in [2.45, 2.75) is 242 Å². The number of allylic oxidation sites excluding steroid dienone is 5. The molecular formula is C48H87NO13. The summed E-state index contributed by atoms with van der Waals surface area (Å²) in [5.74, 6) is -0.254. The van der Waals surface area contributed by atoms with Crippen LogP contribution in [0.25, 0.3) is 0 Å².